The van der Waals surface area contributed by atoms with Crippen molar-refractivity contribution in [2.75, 3.05) is 39.8 Å². The molecule has 8 heteroatoms. The molecule has 4 aromatic rings. The summed E-state index contributed by atoms with van der Waals surface area (Å²) in [7, 11) is 2.14. The minimum absolute atomic E-state index is 0.256. The second-order valence-corrected chi connectivity index (χ2v) is 10.0. The number of hydrogen-bond donors (Lipinski definition) is 2. The smallest absolute Gasteiger partial charge is 0.276 e. The number of fused-ring (bicyclic) bond motifs is 1. The van der Waals surface area contributed by atoms with Crippen LogP contribution in [0.4, 0.5) is 0 Å². The van der Waals surface area contributed by atoms with Gasteiger partial charge in [0.25, 0.3) is 5.91 Å². The van der Waals surface area contributed by atoms with Crippen LogP contribution in [0.15, 0.2) is 95.9 Å². The average Bonchev–Trinajstić information content (AvgIpc) is 3.26. The number of benzene rings is 2. The van der Waals surface area contributed by atoms with E-state index in [0.29, 0.717) is 12.2 Å². The van der Waals surface area contributed by atoms with Crippen LogP contribution in [-0.4, -0.2) is 76.5 Å². The number of allylic oxidation sites excluding steroid dienone is 1. The number of nitrogens with zero attached hydrogens (tertiary/aromatic N) is 5. The number of carbonyl (C=O) groups excluding carboxylic acids is 1. The van der Waals surface area contributed by atoms with Crippen molar-refractivity contribution < 1.29 is 4.79 Å². The summed E-state index contributed by atoms with van der Waals surface area (Å²) >= 11 is 0. The molecule has 1 saturated heterocycles. The van der Waals surface area contributed by atoms with Crippen molar-refractivity contribution in [2.24, 2.45) is 4.99 Å². The molecule has 0 saturated carbocycles. The minimum atomic E-state index is -0.256. The van der Waals surface area contributed by atoms with E-state index in [2.05, 4.69) is 55.5 Å². The Balaban J connectivity index is 1.18. The van der Waals surface area contributed by atoms with E-state index >= 15 is 0 Å². The Morgan fingerprint density at radius 2 is 1.79 bits per heavy atom. The molecule has 0 atom stereocenters. The molecule has 8 nitrogen and oxygen atoms in total. The van der Waals surface area contributed by atoms with E-state index in [1.54, 1.807) is 0 Å². The molecule has 4 heterocycles. The summed E-state index contributed by atoms with van der Waals surface area (Å²) in [6.07, 6.45) is 10.4. The molecule has 0 radical (unpaired) electrons. The standard InChI is InChI=1S/C31H31N7O/c1-37-13-15-38(16-14-37)29-10-8-26(11-12-33-29)34-31(39)30-27-19-24(7-9-28(27)35-36-30)25-18-23(20-32-21-25)17-22-5-3-2-4-6-22/h2-11,18-21H,12-17H2,1H3,(H,34,39)(H,35,36). The van der Waals surface area contributed by atoms with Crippen LogP contribution in [0.25, 0.3) is 22.0 Å². The van der Waals surface area contributed by atoms with Gasteiger partial charge in [-0.25, -0.2) is 0 Å². The van der Waals surface area contributed by atoms with Crippen molar-refractivity contribution in [3.05, 3.63) is 108 Å². The molecule has 2 aromatic carbocycles. The highest BCUT2D eigenvalue weighted by molar-refractivity contribution is 6.06. The van der Waals surface area contributed by atoms with E-state index in [0.717, 1.165) is 71.7 Å². The number of aromatic amines is 1. The van der Waals surface area contributed by atoms with Gasteiger partial charge in [-0.3, -0.25) is 19.9 Å². The normalized spacial score (nSPS) is 16.1. The second-order valence-electron chi connectivity index (χ2n) is 10.0. The van der Waals surface area contributed by atoms with E-state index in [-0.39, 0.29) is 5.91 Å². The Bertz CT molecular complexity index is 1580. The van der Waals surface area contributed by atoms with Gasteiger partial charge in [-0.05, 0) is 66.6 Å². The molecule has 1 amide bonds. The molecule has 2 aliphatic heterocycles. The molecular weight excluding hydrogens is 486 g/mol. The molecule has 0 spiro atoms. The monoisotopic (exact) mass is 517 g/mol. The number of nitrogens with one attached hydrogen (secondary N) is 2. The van der Waals surface area contributed by atoms with Crippen LogP contribution in [0.5, 0.6) is 0 Å². The SMILES string of the molecule is CN1CCN(C2=NCC=C(NC(=O)c3n[nH]c4ccc(-c5cncc(Cc6ccccc6)c5)cc34)C=C2)CC1. The lowest BCUT2D eigenvalue weighted by Gasteiger charge is -2.33. The summed E-state index contributed by atoms with van der Waals surface area (Å²) in [6.45, 7) is 4.46. The van der Waals surface area contributed by atoms with Crippen molar-refractivity contribution in [3.8, 4) is 11.1 Å². The minimum Gasteiger partial charge on any atom is -0.354 e. The fraction of sp³-hybridized carbons (Fsp3) is 0.226. The largest absolute Gasteiger partial charge is 0.354 e. The first-order valence-electron chi connectivity index (χ1n) is 13.3. The average molecular weight is 518 g/mol. The van der Waals surface area contributed by atoms with Crippen LogP contribution in [0, 0.1) is 0 Å². The summed E-state index contributed by atoms with van der Waals surface area (Å²) < 4.78 is 0. The van der Waals surface area contributed by atoms with E-state index in [9.17, 15) is 4.79 Å². The first-order valence-corrected chi connectivity index (χ1v) is 13.3. The molecule has 39 heavy (non-hydrogen) atoms. The number of pyridine rings is 1. The number of likely N-dealkylation sites (N-methyl/N-ethyl adjacent to an activating group) is 1. The maximum Gasteiger partial charge on any atom is 0.276 e. The molecule has 0 bridgehead atoms. The van der Waals surface area contributed by atoms with Crippen molar-refractivity contribution in [2.45, 2.75) is 6.42 Å². The van der Waals surface area contributed by atoms with Crippen LogP contribution in [0.3, 0.4) is 0 Å². The Kier molecular flexibility index (Phi) is 7.01. The van der Waals surface area contributed by atoms with E-state index in [4.69, 9.17) is 4.99 Å². The fourth-order valence-electron chi connectivity index (χ4n) is 4.99. The van der Waals surface area contributed by atoms with Crippen molar-refractivity contribution in [1.29, 1.82) is 0 Å². The van der Waals surface area contributed by atoms with Gasteiger partial charge >= 0.3 is 0 Å². The highest BCUT2D eigenvalue weighted by Crippen LogP contribution is 2.26. The molecule has 2 aliphatic rings. The zero-order valence-electron chi connectivity index (χ0n) is 22.0. The zero-order valence-corrected chi connectivity index (χ0v) is 22.0. The van der Waals surface area contributed by atoms with Gasteiger partial charge in [0.2, 0.25) is 0 Å². The third kappa shape index (κ3) is 5.66. The van der Waals surface area contributed by atoms with E-state index < -0.39 is 0 Å². The number of H-pyrrole nitrogens is 1. The summed E-state index contributed by atoms with van der Waals surface area (Å²) in [6, 6.07) is 18.5. The highest BCUT2D eigenvalue weighted by atomic mass is 16.2. The summed E-state index contributed by atoms with van der Waals surface area (Å²) in [5.41, 5.74) is 6.25. The first kappa shape index (κ1) is 24.8. The van der Waals surface area contributed by atoms with Crippen LogP contribution in [0.1, 0.15) is 21.6 Å². The fourth-order valence-corrected chi connectivity index (χ4v) is 4.99. The van der Waals surface area contributed by atoms with Crippen molar-refractivity contribution in [1.82, 2.24) is 30.3 Å². The third-order valence-corrected chi connectivity index (χ3v) is 7.22. The maximum atomic E-state index is 13.3. The quantitative estimate of drug-likeness (QED) is 0.417. The number of rotatable bonds is 5. The van der Waals surface area contributed by atoms with Gasteiger partial charge < -0.3 is 15.1 Å². The third-order valence-electron chi connectivity index (χ3n) is 7.22. The van der Waals surface area contributed by atoms with Gasteiger partial charge in [0.1, 0.15) is 5.84 Å². The van der Waals surface area contributed by atoms with Crippen LogP contribution < -0.4 is 5.32 Å². The van der Waals surface area contributed by atoms with Gasteiger partial charge in [0.15, 0.2) is 5.69 Å². The number of aromatic nitrogens is 3. The van der Waals surface area contributed by atoms with Gasteiger partial charge in [0.05, 0.1) is 12.1 Å². The van der Waals surface area contributed by atoms with Gasteiger partial charge in [-0.15, -0.1) is 0 Å². The van der Waals surface area contributed by atoms with Gasteiger partial charge in [-0.1, -0.05) is 36.4 Å². The number of amidine groups is 1. The number of piperazine rings is 1. The van der Waals surface area contributed by atoms with E-state index in [1.807, 2.05) is 67.0 Å². The Morgan fingerprint density at radius 1 is 0.949 bits per heavy atom. The maximum absolute atomic E-state index is 13.3. The van der Waals surface area contributed by atoms with Crippen LogP contribution in [-0.2, 0) is 6.42 Å². The molecule has 6 rings (SSSR count). The molecule has 0 aliphatic carbocycles. The molecule has 2 aromatic heterocycles. The molecule has 0 unspecified atom stereocenters. The molecule has 196 valence electrons. The summed E-state index contributed by atoms with van der Waals surface area (Å²) in [4.78, 5) is 27.1. The van der Waals surface area contributed by atoms with Crippen LogP contribution in [0.2, 0.25) is 0 Å². The number of hydrogen-bond acceptors (Lipinski definition) is 6. The van der Waals surface area contributed by atoms with Gasteiger partial charge in [-0.2, -0.15) is 5.10 Å². The lowest BCUT2D eigenvalue weighted by molar-refractivity contribution is 0.0963. The number of amides is 1. The molecular formula is C31H31N7O. The summed E-state index contributed by atoms with van der Waals surface area (Å²) in [5, 5.41) is 11.1. The molecule has 1 fully saturated rings. The van der Waals surface area contributed by atoms with E-state index in [1.165, 1.54) is 5.56 Å². The number of carbonyl (C=O) groups is 1. The Labute approximate surface area is 227 Å². The lowest BCUT2D eigenvalue weighted by atomic mass is 10.0. The van der Waals surface area contributed by atoms with Crippen molar-refractivity contribution >= 4 is 22.6 Å². The lowest BCUT2D eigenvalue weighted by Crippen LogP contribution is -2.46. The van der Waals surface area contributed by atoms with Crippen molar-refractivity contribution in [3.63, 3.8) is 0 Å². The predicted octanol–water partition coefficient (Wildman–Crippen LogP) is 4.05. The predicted molar refractivity (Wildman–Crippen MR) is 155 cm³/mol. The zero-order chi connectivity index (χ0) is 26.6. The molecule has 2 N–H and O–H groups in total. The number of aliphatic imine (C=N–C) groups is 1. The second kappa shape index (κ2) is 11.0. The van der Waals surface area contributed by atoms with Crippen LogP contribution >= 0.6 is 0 Å². The Morgan fingerprint density at radius 3 is 2.64 bits per heavy atom. The Hall–Kier alpha value is -4.56. The topological polar surface area (TPSA) is 89.5 Å². The highest BCUT2D eigenvalue weighted by Gasteiger charge is 2.19. The van der Waals surface area contributed by atoms with Gasteiger partial charge in [0, 0.05) is 55.2 Å². The summed E-state index contributed by atoms with van der Waals surface area (Å²) in [5.74, 6) is 0.704. The first-order chi connectivity index (χ1) is 19.1.